The normalized spacial score (nSPS) is 10.1. The van der Waals surface area contributed by atoms with Crippen molar-refractivity contribution in [2.24, 2.45) is 0 Å². The molecule has 0 spiro atoms. The Labute approximate surface area is 124 Å². The van der Waals surface area contributed by atoms with E-state index in [1.54, 1.807) is 24.3 Å². The molecular weight excluding hydrogens is 303 g/mol. The van der Waals surface area contributed by atoms with E-state index in [9.17, 15) is 14.9 Å². The Morgan fingerprint density at radius 1 is 1.10 bits per heavy atom. The zero-order chi connectivity index (χ0) is 14.7. The minimum absolute atomic E-state index is 0.0238. The third kappa shape index (κ3) is 3.07. The van der Waals surface area contributed by atoms with Crippen molar-refractivity contribution in [1.29, 1.82) is 0 Å². The van der Waals surface area contributed by atoms with Gasteiger partial charge in [0, 0.05) is 11.6 Å². The molecule has 2 rings (SSSR count). The lowest BCUT2D eigenvalue weighted by Crippen LogP contribution is -2.12. The maximum absolute atomic E-state index is 12.0. The second-order valence-electron chi connectivity index (χ2n) is 3.86. The van der Waals surface area contributed by atoms with E-state index in [1.165, 1.54) is 12.1 Å². The topological polar surface area (TPSA) is 72.2 Å². The van der Waals surface area contributed by atoms with E-state index >= 15 is 0 Å². The molecule has 102 valence electrons. The maximum atomic E-state index is 12.0. The average Bonchev–Trinajstić information content (AvgIpc) is 2.41. The van der Waals surface area contributed by atoms with E-state index < -0.39 is 10.8 Å². The van der Waals surface area contributed by atoms with Crippen molar-refractivity contribution in [3.8, 4) is 0 Å². The largest absolute Gasteiger partial charge is 0.321 e. The van der Waals surface area contributed by atoms with Gasteiger partial charge in [-0.15, -0.1) is 0 Å². The number of nitrogens with one attached hydrogen (secondary N) is 1. The van der Waals surface area contributed by atoms with Gasteiger partial charge in [0.2, 0.25) is 0 Å². The lowest BCUT2D eigenvalue weighted by Gasteiger charge is -2.07. The second-order valence-corrected chi connectivity index (χ2v) is 4.67. The molecule has 0 fully saturated rings. The monoisotopic (exact) mass is 310 g/mol. The molecule has 0 radical (unpaired) electrons. The zero-order valence-corrected chi connectivity index (χ0v) is 11.5. The van der Waals surface area contributed by atoms with Gasteiger partial charge in [0.1, 0.15) is 5.02 Å². The molecular formula is C13H8Cl2N2O3. The number of halogens is 2. The highest BCUT2D eigenvalue weighted by atomic mass is 35.5. The van der Waals surface area contributed by atoms with Crippen molar-refractivity contribution in [2.75, 3.05) is 5.32 Å². The van der Waals surface area contributed by atoms with Crippen LogP contribution in [-0.2, 0) is 0 Å². The standard InChI is InChI=1S/C13H8Cl2N2O3/c14-9-3-1-2-4-11(9)16-13(18)8-5-6-10(15)12(7-8)17(19)20/h1-7H,(H,16,18). The van der Waals surface area contributed by atoms with Crippen LogP contribution in [0.4, 0.5) is 11.4 Å². The predicted molar refractivity (Wildman–Crippen MR) is 77.5 cm³/mol. The maximum Gasteiger partial charge on any atom is 0.288 e. The number of amides is 1. The van der Waals surface area contributed by atoms with Crippen LogP contribution >= 0.6 is 23.2 Å². The summed E-state index contributed by atoms with van der Waals surface area (Å²) in [4.78, 5) is 22.2. The summed E-state index contributed by atoms with van der Waals surface area (Å²) >= 11 is 11.6. The number of hydrogen-bond acceptors (Lipinski definition) is 3. The number of hydrogen-bond donors (Lipinski definition) is 1. The number of para-hydroxylation sites is 1. The summed E-state index contributed by atoms with van der Waals surface area (Å²) in [6.07, 6.45) is 0. The summed E-state index contributed by atoms with van der Waals surface area (Å²) in [6.45, 7) is 0. The smallest absolute Gasteiger partial charge is 0.288 e. The van der Waals surface area contributed by atoms with Crippen molar-refractivity contribution < 1.29 is 9.72 Å². The molecule has 2 aromatic rings. The summed E-state index contributed by atoms with van der Waals surface area (Å²) in [7, 11) is 0. The fourth-order valence-corrected chi connectivity index (χ4v) is 1.92. The van der Waals surface area contributed by atoms with Crippen LogP contribution in [0.25, 0.3) is 0 Å². The fraction of sp³-hybridized carbons (Fsp3) is 0. The second kappa shape index (κ2) is 5.90. The molecule has 0 saturated heterocycles. The first kappa shape index (κ1) is 14.3. The van der Waals surface area contributed by atoms with Crippen molar-refractivity contribution >= 4 is 40.5 Å². The minimum Gasteiger partial charge on any atom is -0.321 e. The number of nitro benzene ring substituents is 1. The summed E-state index contributed by atoms with van der Waals surface area (Å²) in [5.41, 5.74) is 0.233. The molecule has 0 bridgehead atoms. The number of anilines is 1. The van der Waals surface area contributed by atoms with E-state index in [2.05, 4.69) is 5.32 Å². The average molecular weight is 311 g/mol. The van der Waals surface area contributed by atoms with Crippen LogP contribution in [0.5, 0.6) is 0 Å². The first-order valence-corrected chi connectivity index (χ1v) is 6.24. The lowest BCUT2D eigenvalue weighted by molar-refractivity contribution is -0.384. The lowest BCUT2D eigenvalue weighted by atomic mass is 10.2. The quantitative estimate of drug-likeness (QED) is 0.683. The Hall–Kier alpha value is -2.11. The van der Waals surface area contributed by atoms with Crippen LogP contribution in [0.3, 0.4) is 0 Å². The van der Waals surface area contributed by atoms with E-state index in [0.717, 1.165) is 6.07 Å². The van der Waals surface area contributed by atoms with Gasteiger partial charge in [0.05, 0.1) is 15.6 Å². The third-order valence-corrected chi connectivity index (χ3v) is 3.18. The van der Waals surface area contributed by atoms with E-state index in [-0.39, 0.29) is 16.3 Å². The van der Waals surface area contributed by atoms with Crippen LogP contribution in [-0.4, -0.2) is 10.8 Å². The van der Waals surface area contributed by atoms with Crippen molar-refractivity contribution in [3.63, 3.8) is 0 Å². The van der Waals surface area contributed by atoms with E-state index in [1.807, 2.05) is 0 Å². The summed E-state index contributed by atoms with van der Waals surface area (Å²) in [5, 5.41) is 13.7. The number of carbonyl (C=O) groups excluding carboxylic acids is 1. The van der Waals surface area contributed by atoms with Gasteiger partial charge in [-0.3, -0.25) is 14.9 Å². The molecule has 0 aliphatic rings. The molecule has 2 aromatic carbocycles. The number of rotatable bonds is 3. The number of benzene rings is 2. The molecule has 0 saturated carbocycles. The van der Waals surface area contributed by atoms with Crippen LogP contribution in [0.2, 0.25) is 10.0 Å². The first-order valence-electron chi connectivity index (χ1n) is 5.49. The molecule has 5 nitrogen and oxygen atoms in total. The summed E-state index contributed by atoms with van der Waals surface area (Å²) in [6, 6.07) is 10.5. The van der Waals surface area contributed by atoms with E-state index in [0.29, 0.717) is 10.7 Å². The van der Waals surface area contributed by atoms with Crippen LogP contribution in [0.1, 0.15) is 10.4 Å². The molecule has 0 heterocycles. The zero-order valence-electron chi connectivity index (χ0n) is 9.97. The van der Waals surface area contributed by atoms with Crippen LogP contribution in [0, 0.1) is 10.1 Å². The van der Waals surface area contributed by atoms with Gasteiger partial charge >= 0.3 is 0 Å². The predicted octanol–water partition coefficient (Wildman–Crippen LogP) is 4.15. The van der Waals surface area contributed by atoms with Gasteiger partial charge in [0.15, 0.2) is 0 Å². The summed E-state index contributed by atoms with van der Waals surface area (Å²) in [5.74, 6) is -0.502. The molecule has 0 aliphatic heterocycles. The Morgan fingerprint density at radius 3 is 2.45 bits per heavy atom. The number of nitrogens with zero attached hydrogens (tertiary/aromatic N) is 1. The first-order chi connectivity index (χ1) is 9.49. The van der Waals surface area contributed by atoms with Crippen LogP contribution < -0.4 is 5.32 Å². The van der Waals surface area contributed by atoms with Gasteiger partial charge < -0.3 is 5.32 Å². The number of nitro groups is 1. The minimum atomic E-state index is -0.644. The molecule has 0 aromatic heterocycles. The number of carbonyl (C=O) groups is 1. The van der Waals surface area contributed by atoms with Crippen molar-refractivity contribution in [3.05, 3.63) is 68.2 Å². The van der Waals surface area contributed by atoms with Gasteiger partial charge in [0.25, 0.3) is 11.6 Å². The molecule has 20 heavy (non-hydrogen) atoms. The Balaban J connectivity index is 2.28. The summed E-state index contributed by atoms with van der Waals surface area (Å²) < 4.78 is 0. The fourth-order valence-electron chi connectivity index (χ4n) is 1.55. The third-order valence-electron chi connectivity index (χ3n) is 2.53. The highest BCUT2D eigenvalue weighted by Crippen LogP contribution is 2.26. The highest BCUT2D eigenvalue weighted by Gasteiger charge is 2.16. The van der Waals surface area contributed by atoms with Gasteiger partial charge in [-0.05, 0) is 24.3 Å². The van der Waals surface area contributed by atoms with Crippen molar-refractivity contribution in [2.45, 2.75) is 0 Å². The van der Waals surface area contributed by atoms with Crippen LogP contribution in [0.15, 0.2) is 42.5 Å². The van der Waals surface area contributed by atoms with Gasteiger partial charge in [-0.1, -0.05) is 35.3 Å². The highest BCUT2D eigenvalue weighted by molar-refractivity contribution is 6.34. The molecule has 7 heteroatoms. The molecule has 1 amide bonds. The molecule has 0 aliphatic carbocycles. The molecule has 1 N–H and O–H groups in total. The Bertz CT molecular complexity index is 689. The van der Waals surface area contributed by atoms with Gasteiger partial charge in [-0.25, -0.2) is 0 Å². The molecule has 0 atom stereocenters. The van der Waals surface area contributed by atoms with Gasteiger partial charge in [-0.2, -0.15) is 0 Å². The van der Waals surface area contributed by atoms with E-state index in [4.69, 9.17) is 23.2 Å². The van der Waals surface area contributed by atoms with Crippen molar-refractivity contribution in [1.82, 2.24) is 0 Å². The Morgan fingerprint density at radius 2 is 1.80 bits per heavy atom. The molecule has 0 unspecified atom stereocenters. The SMILES string of the molecule is O=C(Nc1ccccc1Cl)c1ccc(Cl)c([N+](=O)[O-])c1. The Kier molecular flexibility index (Phi) is 4.22.